The molecule has 0 saturated carbocycles. The molecule has 7 heteroatoms. The molecule has 1 fully saturated rings. The molecule has 0 spiro atoms. The molecule has 2 aromatic carbocycles. The average molecular weight is 443 g/mol. The summed E-state index contributed by atoms with van der Waals surface area (Å²) in [6, 6.07) is 11.5. The number of likely N-dealkylation sites (tertiary alicyclic amines) is 1. The summed E-state index contributed by atoms with van der Waals surface area (Å²) in [5.41, 5.74) is 1.76. The van der Waals surface area contributed by atoms with Crippen LogP contribution in [0.2, 0.25) is 5.02 Å². The standard InChI is InChI=1S/C23H23ClN2O3S/c1-2-29-19-14-15(13-17(24)22(19)28)7-8-21(27)26-11-9-16(10-12-26)23-25-18-5-3-4-6-20(18)30-23/h3-8,13-14,16,28H,2,9-12H2,1H3/b8-7+. The Morgan fingerprint density at radius 3 is 2.83 bits per heavy atom. The Bertz CT molecular complexity index is 1050. The summed E-state index contributed by atoms with van der Waals surface area (Å²) in [5, 5.41) is 11.3. The van der Waals surface area contributed by atoms with E-state index in [4.69, 9.17) is 21.3 Å². The van der Waals surface area contributed by atoms with Crippen molar-refractivity contribution in [2.24, 2.45) is 0 Å². The monoisotopic (exact) mass is 442 g/mol. The maximum absolute atomic E-state index is 12.6. The molecule has 0 atom stereocenters. The second-order valence-corrected chi connectivity index (χ2v) is 8.70. The normalized spacial score (nSPS) is 15.2. The third-order valence-corrected chi connectivity index (χ3v) is 6.72. The molecule has 1 aliphatic heterocycles. The van der Waals surface area contributed by atoms with Crippen LogP contribution in [0.25, 0.3) is 16.3 Å². The molecule has 1 aromatic heterocycles. The van der Waals surface area contributed by atoms with Gasteiger partial charge in [-0.2, -0.15) is 0 Å². The molecule has 30 heavy (non-hydrogen) atoms. The fourth-order valence-corrected chi connectivity index (χ4v) is 5.00. The van der Waals surface area contributed by atoms with Gasteiger partial charge >= 0.3 is 0 Å². The fourth-order valence-electron chi connectivity index (χ4n) is 3.64. The summed E-state index contributed by atoms with van der Waals surface area (Å²) < 4.78 is 6.60. The van der Waals surface area contributed by atoms with E-state index in [1.165, 1.54) is 9.71 Å². The Balaban J connectivity index is 1.38. The molecule has 0 unspecified atom stereocenters. The number of nitrogens with zero attached hydrogens (tertiary/aromatic N) is 2. The van der Waals surface area contributed by atoms with Crippen LogP contribution < -0.4 is 4.74 Å². The van der Waals surface area contributed by atoms with E-state index in [0.717, 1.165) is 18.4 Å². The first-order valence-electron chi connectivity index (χ1n) is 10.0. The third-order valence-electron chi connectivity index (χ3n) is 5.24. The number of carbonyl (C=O) groups excluding carboxylic acids is 1. The van der Waals surface area contributed by atoms with Crippen LogP contribution in [0.15, 0.2) is 42.5 Å². The van der Waals surface area contributed by atoms with Crippen LogP contribution in [0.4, 0.5) is 0 Å². The second kappa shape index (κ2) is 9.06. The van der Waals surface area contributed by atoms with E-state index in [1.807, 2.05) is 30.0 Å². The molecule has 156 valence electrons. The predicted molar refractivity (Wildman–Crippen MR) is 121 cm³/mol. The highest BCUT2D eigenvalue weighted by molar-refractivity contribution is 7.18. The lowest BCUT2D eigenvalue weighted by atomic mass is 9.97. The van der Waals surface area contributed by atoms with Crippen LogP contribution in [0.5, 0.6) is 11.5 Å². The number of phenols is 1. The van der Waals surface area contributed by atoms with Crippen LogP contribution in [0, 0.1) is 0 Å². The van der Waals surface area contributed by atoms with Gasteiger partial charge in [0, 0.05) is 25.1 Å². The van der Waals surface area contributed by atoms with E-state index in [-0.39, 0.29) is 16.7 Å². The van der Waals surface area contributed by atoms with Gasteiger partial charge in [-0.3, -0.25) is 4.79 Å². The number of phenolic OH excluding ortho intramolecular Hbond substituents is 1. The van der Waals surface area contributed by atoms with Gasteiger partial charge < -0.3 is 14.7 Å². The Morgan fingerprint density at radius 2 is 2.10 bits per heavy atom. The highest BCUT2D eigenvalue weighted by Gasteiger charge is 2.25. The van der Waals surface area contributed by atoms with Gasteiger partial charge in [0.25, 0.3) is 0 Å². The summed E-state index contributed by atoms with van der Waals surface area (Å²) in [6.45, 7) is 3.67. The van der Waals surface area contributed by atoms with E-state index in [0.29, 0.717) is 36.9 Å². The molecule has 0 radical (unpaired) electrons. The smallest absolute Gasteiger partial charge is 0.246 e. The van der Waals surface area contributed by atoms with Crippen molar-refractivity contribution in [2.45, 2.75) is 25.7 Å². The van der Waals surface area contributed by atoms with Gasteiger partial charge in [0.1, 0.15) is 0 Å². The molecule has 2 heterocycles. The Morgan fingerprint density at radius 1 is 1.33 bits per heavy atom. The quantitative estimate of drug-likeness (QED) is 0.532. The first-order chi connectivity index (χ1) is 14.5. The van der Waals surface area contributed by atoms with Crippen molar-refractivity contribution in [1.29, 1.82) is 0 Å². The Labute approximate surface area is 184 Å². The van der Waals surface area contributed by atoms with Gasteiger partial charge in [0.15, 0.2) is 11.5 Å². The van der Waals surface area contributed by atoms with Gasteiger partial charge in [0.2, 0.25) is 5.91 Å². The number of ether oxygens (including phenoxy) is 1. The number of aromatic hydroxyl groups is 1. The molecule has 4 rings (SSSR count). The first kappa shape index (κ1) is 20.7. The minimum Gasteiger partial charge on any atom is -0.503 e. The van der Waals surface area contributed by atoms with Gasteiger partial charge in [-0.15, -0.1) is 11.3 Å². The minimum absolute atomic E-state index is 0.0279. The maximum Gasteiger partial charge on any atom is 0.246 e. The van der Waals surface area contributed by atoms with Crippen molar-refractivity contribution in [3.63, 3.8) is 0 Å². The molecule has 1 amide bonds. The summed E-state index contributed by atoms with van der Waals surface area (Å²) in [7, 11) is 0. The molecule has 5 nitrogen and oxygen atoms in total. The Hall–Kier alpha value is -2.57. The number of amides is 1. The Kier molecular flexibility index (Phi) is 6.25. The lowest BCUT2D eigenvalue weighted by Gasteiger charge is -2.30. The lowest BCUT2D eigenvalue weighted by molar-refractivity contribution is -0.126. The van der Waals surface area contributed by atoms with E-state index in [2.05, 4.69) is 6.07 Å². The molecule has 1 N–H and O–H groups in total. The second-order valence-electron chi connectivity index (χ2n) is 7.24. The molecule has 0 aliphatic carbocycles. The SMILES string of the molecule is CCOc1cc(/C=C/C(=O)N2CCC(c3nc4ccccc4s3)CC2)cc(Cl)c1O. The maximum atomic E-state index is 12.6. The van der Waals surface area contributed by atoms with Crippen LogP contribution in [-0.2, 0) is 4.79 Å². The topological polar surface area (TPSA) is 62.7 Å². The van der Waals surface area contributed by atoms with E-state index in [1.54, 1.807) is 35.6 Å². The number of halogens is 1. The van der Waals surface area contributed by atoms with Gasteiger partial charge in [0.05, 0.1) is 26.9 Å². The average Bonchev–Trinajstić information content (AvgIpc) is 3.20. The lowest BCUT2D eigenvalue weighted by Crippen LogP contribution is -2.36. The number of aromatic nitrogens is 1. The van der Waals surface area contributed by atoms with Gasteiger partial charge in [-0.1, -0.05) is 23.7 Å². The van der Waals surface area contributed by atoms with Crippen molar-refractivity contribution in [3.05, 3.63) is 58.1 Å². The zero-order valence-electron chi connectivity index (χ0n) is 16.7. The largest absolute Gasteiger partial charge is 0.503 e. The summed E-state index contributed by atoms with van der Waals surface area (Å²) in [6.07, 6.45) is 5.09. The van der Waals surface area contributed by atoms with E-state index in [9.17, 15) is 9.90 Å². The number of benzene rings is 2. The van der Waals surface area contributed by atoms with Crippen molar-refractivity contribution >= 4 is 45.1 Å². The van der Waals surface area contributed by atoms with Crippen molar-refractivity contribution in [1.82, 2.24) is 9.88 Å². The van der Waals surface area contributed by atoms with Crippen LogP contribution in [0.3, 0.4) is 0 Å². The minimum atomic E-state index is -0.0843. The molecule has 1 aliphatic rings. The summed E-state index contributed by atoms with van der Waals surface area (Å²) >= 11 is 7.81. The van der Waals surface area contributed by atoms with E-state index < -0.39 is 0 Å². The number of para-hydroxylation sites is 1. The molecule has 3 aromatic rings. The molecule has 0 bridgehead atoms. The fraction of sp³-hybridized carbons (Fsp3) is 0.304. The summed E-state index contributed by atoms with van der Waals surface area (Å²) in [5.74, 6) is 0.604. The number of hydrogen-bond donors (Lipinski definition) is 1. The van der Waals surface area contributed by atoms with Crippen molar-refractivity contribution in [2.75, 3.05) is 19.7 Å². The van der Waals surface area contributed by atoms with Crippen LogP contribution in [-0.4, -0.2) is 40.6 Å². The third kappa shape index (κ3) is 4.45. The number of hydrogen-bond acceptors (Lipinski definition) is 5. The van der Waals surface area contributed by atoms with Crippen LogP contribution >= 0.6 is 22.9 Å². The van der Waals surface area contributed by atoms with Crippen molar-refractivity contribution < 1.29 is 14.6 Å². The molecular weight excluding hydrogens is 420 g/mol. The number of fused-ring (bicyclic) bond motifs is 1. The zero-order valence-corrected chi connectivity index (χ0v) is 18.2. The van der Waals surface area contributed by atoms with Crippen molar-refractivity contribution in [3.8, 4) is 11.5 Å². The molecular formula is C23H23ClN2O3S. The van der Waals surface area contributed by atoms with E-state index >= 15 is 0 Å². The first-order valence-corrected chi connectivity index (χ1v) is 11.2. The highest BCUT2D eigenvalue weighted by Crippen LogP contribution is 2.36. The summed E-state index contributed by atoms with van der Waals surface area (Å²) in [4.78, 5) is 19.3. The zero-order chi connectivity index (χ0) is 21.1. The number of piperidine rings is 1. The number of carbonyl (C=O) groups is 1. The highest BCUT2D eigenvalue weighted by atomic mass is 35.5. The van der Waals surface area contributed by atoms with Gasteiger partial charge in [-0.25, -0.2) is 4.98 Å². The molecule has 1 saturated heterocycles. The number of thiazole rings is 1. The van der Waals surface area contributed by atoms with Gasteiger partial charge in [-0.05, 0) is 55.7 Å². The number of rotatable bonds is 5. The van der Waals surface area contributed by atoms with Crippen LogP contribution in [0.1, 0.15) is 36.3 Å². The predicted octanol–water partition coefficient (Wildman–Crippen LogP) is 5.47.